The van der Waals surface area contributed by atoms with Crippen LogP contribution in [0.25, 0.3) is 0 Å². The number of rotatable bonds is 2. The minimum absolute atomic E-state index is 0.344. The number of carbonyl (C=O) groups is 3. The van der Waals surface area contributed by atoms with Crippen LogP contribution in [0.5, 0.6) is 0 Å². The van der Waals surface area contributed by atoms with Gasteiger partial charge in [-0.25, -0.2) is 4.79 Å². The second-order valence-corrected chi connectivity index (χ2v) is 6.55. The van der Waals surface area contributed by atoms with Crippen LogP contribution < -0.4 is 5.46 Å². The maximum absolute atomic E-state index is 12.5. The Morgan fingerprint density at radius 1 is 1.10 bits per heavy atom. The van der Waals surface area contributed by atoms with Gasteiger partial charge in [0.2, 0.25) is 0 Å². The van der Waals surface area contributed by atoms with Crippen LogP contribution in [0.15, 0.2) is 24.3 Å². The van der Waals surface area contributed by atoms with E-state index in [4.69, 9.17) is 4.74 Å². The zero-order valence-corrected chi connectivity index (χ0v) is 13.0. The molecule has 110 valence electrons. The van der Waals surface area contributed by atoms with Gasteiger partial charge in [-0.1, -0.05) is 51.4 Å². The molecule has 0 bridgehead atoms. The summed E-state index contributed by atoms with van der Waals surface area (Å²) in [6, 6.07) is 6.83. The molecule has 0 aliphatic carbocycles. The van der Waals surface area contributed by atoms with E-state index in [0.717, 1.165) is 0 Å². The minimum atomic E-state index is -0.766. The van der Waals surface area contributed by atoms with Gasteiger partial charge in [0.1, 0.15) is 0 Å². The first-order valence-corrected chi connectivity index (χ1v) is 6.92. The van der Waals surface area contributed by atoms with Crippen molar-refractivity contribution in [2.75, 3.05) is 7.11 Å². The van der Waals surface area contributed by atoms with Crippen molar-refractivity contribution in [1.29, 1.82) is 0 Å². The molecule has 1 aliphatic heterocycles. The lowest BCUT2D eigenvalue weighted by Crippen LogP contribution is -2.47. The van der Waals surface area contributed by atoms with Crippen molar-refractivity contribution >= 4 is 29.6 Å². The summed E-state index contributed by atoms with van der Waals surface area (Å²) in [6.07, 6.45) is 0. The fraction of sp³-hybridized carbons (Fsp3) is 0.438. The first kappa shape index (κ1) is 15.5. The smallest absolute Gasteiger partial charge is 0.337 e. The number of ether oxygens (including phenoxy) is 1. The van der Waals surface area contributed by atoms with Gasteiger partial charge in [0.25, 0.3) is 6.71 Å². The fourth-order valence-corrected chi connectivity index (χ4v) is 2.99. The van der Waals surface area contributed by atoms with E-state index < -0.39 is 29.1 Å². The van der Waals surface area contributed by atoms with Gasteiger partial charge in [-0.3, -0.25) is 4.79 Å². The van der Waals surface area contributed by atoms with Crippen LogP contribution in [0, 0.1) is 5.41 Å². The van der Waals surface area contributed by atoms with Crippen molar-refractivity contribution in [2.45, 2.75) is 33.0 Å². The monoisotopic (exact) mass is 286 g/mol. The Morgan fingerprint density at radius 2 is 1.67 bits per heavy atom. The van der Waals surface area contributed by atoms with Crippen LogP contribution in [0.3, 0.4) is 0 Å². The van der Waals surface area contributed by atoms with Crippen LogP contribution in [0.4, 0.5) is 0 Å². The Labute approximate surface area is 124 Å². The predicted molar refractivity (Wildman–Crippen MR) is 81.0 cm³/mol. The van der Waals surface area contributed by atoms with E-state index in [2.05, 4.69) is 0 Å². The summed E-state index contributed by atoms with van der Waals surface area (Å²) in [7, 11) is 1.30. The molecular formula is C16H19BO4. The molecule has 1 heterocycles. The highest BCUT2D eigenvalue weighted by atomic mass is 16.5. The normalized spacial score (nSPS) is 19.8. The lowest BCUT2D eigenvalue weighted by molar-refractivity contribution is -0.136. The second kappa shape index (κ2) is 4.83. The third-order valence-electron chi connectivity index (χ3n) is 5.06. The Kier molecular flexibility index (Phi) is 3.56. The van der Waals surface area contributed by atoms with E-state index in [-0.39, 0.29) is 5.78 Å². The van der Waals surface area contributed by atoms with E-state index >= 15 is 0 Å². The molecule has 1 aromatic carbocycles. The number of Topliss-reactive ketones (excluding diaryl/α,β-unsaturated/α-hetero) is 1. The molecule has 0 aromatic heterocycles. The van der Waals surface area contributed by atoms with Gasteiger partial charge < -0.3 is 9.53 Å². The summed E-state index contributed by atoms with van der Waals surface area (Å²) < 4.78 is 4.78. The molecule has 0 spiro atoms. The zero-order valence-electron chi connectivity index (χ0n) is 13.0. The molecule has 1 saturated heterocycles. The van der Waals surface area contributed by atoms with E-state index in [9.17, 15) is 14.4 Å². The summed E-state index contributed by atoms with van der Waals surface area (Å²) in [5.74, 6) is -0.872. The van der Waals surface area contributed by atoms with E-state index in [0.29, 0.717) is 11.0 Å². The average molecular weight is 286 g/mol. The number of carbonyl (C=O) groups excluding carboxylic acids is 3. The maximum atomic E-state index is 12.5. The molecule has 0 N–H and O–H groups in total. The molecule has 1 aromatic rings. The predicted octanol–water partition coefficient (Wildman–Crippen LogP) is 1.67. The molecule has 5 heteroatoms. The molecule has 21 heavy (non-hydrogen) atoms. The molecule has 2 rings (SSSR count). The summed E-state index contributed by atoms with van der Waals surface area (Å²) in [5.41, 5.74) is -0.283. The lowest BCUT2D eigenvalue weighted by Gasteiger charge is -2.35. The molecule has 0 saturated carbocycles. The van der Waals surface area contributed by atoms with Gasteiger partial charge in [-0.2, -0.15) is 0 Å². The van der Waals surface area contributed by atoms with Gasteiger partial charge in [0.15, 0.2) is 11.5 Å². The highest BCUT2D eigenvalue weighted by Gasteiger charge is 2.63. The van der Waals surface area contributed by atoms with Gasteiger partial charge in [0.05, 0.1) is 12.7 Å². The quantitative estimate of drug-likeness (QED) is 0.471. The largest absolute Gasteiger partial charge is 0.465 e. The average Bonchev–Trinajstić information content (AvgIpc) is 2.56. The molecular weight excluding hydrogens is 267 g/mol. The SMILES string of the molecule is COC(=O)c1ccccc1B1C(=O)C(=O)C(C)(C)C1(C)C. The van der Waals surface area contributed by atoms with Gasteiger partial charge >= 0.3 is 5.97 Å². The fourth-order valence-electron chi connectivity index (χ4n) is 2.99. The Hall–Kier alpha value is -1.91. The third-order valence-corrected chi connectivity index (χ3v) is 5.06. The molecule has 0 atom stereocenters. The van der Waals surface area contributed by atoms with Crippen LogP contribution in [-0.4, -0.2) is 31.3 Å². The van der Waals surface area contributed by atoms with Crippen molar-refractivity contribution < 1.29 is 19.1 Å². The second-order valence-electron chi connectivity index (χ2n) is 6.55. The topological polar surface area (TPSA) is 60.4 Å². The minimum Gasteiger partial charge on any atom is -0.465 e. The van der Waals surface area contributed by atoms with Gasteiger partial charge in [0, 0.05) is 5.41 Å². The van der Waals surface area contributed by atoms with E-state index in [1.165, 1.54) is 7.11 Å². The van der Waals surface area contributed by atoms with Crippen molar-refractivity contribution in [2.24, 2.45) is 5.41 Å². The van der Waals surface area contributed by atoms with Gasteiger partial charge in [-0.05, 0) is 11.4 Å². The van der Waals surface area contributed by atoms with Crippen LogP contribution in [0.2, 0.25) is 5.31 Å². The Bertz CT molecular complexity index is 631. The van der Waals surface area contributed by atoms with Crippen molar-refractivity contribution in [1.82, 2.24) is 0 Å². The number of hydrogen-bond donors (Lipinski definition) is 0. The summed E-state index contributed by atoms with van der Waals surface area (Å²) in [5, 5.41) is -0.578. The number of ketones is 1. The molecule has 0 amide bonds. The standard InChI is InChI=1S/C16H19BO4/c1-15(2)12(18)13(19)17(16(15,3)4)11-9-7-6-8-10(11)14(20)21-5/h6-9H,1-5H3. The highest BCUT2D eigenvalue weighted by Crippen LogP contribution is 2.53. The maximum Gasteiger partial charge on any atom is 0.337 e. The highest BCUT2D eigenvalue weighted by molar-refractivity contribution is 7.12. The number of hydrogen-bond acceptors (Lipinski definition) is 4. The third kappa shape index (κ3) is 2.03. The van der Waals surface area contributed by atoms with Crippen molar-refractivity contribution in [3.05, 3.63) is 29.8 Å². The number of esters is 1. The van der Waals surface area contributed by atoms with Crippen molar-refractivity contribution in [3.8, 4) is 0 Å². The Morgan fingerprint density at radius 3 is 2.14 bits per heavy atom. The number of methoxy groups -OCH3 is 1. The summed E-state index contributed by atoms with van der Waals surface area (Å²) in [4.78, 5) is 36.7. The zero-order chi connectivity index (χ0) is 16.0. The molecule has 1 aliphatic rings. The van der Waals surface area contributed by atoms with E-state index in [1.807, 2.05) is 13.8 Å². The first-order chi connectivity index (χ1) is 9.66. The molecule has 0 radical (unpaired) electrons. The van der Waals surface area contributed by atoms with Gasteiger partial charge in [-0.15, -0.1) is 0 Å². The first-order valence-electron chi connectivity index (χ1n) is 6.92. The van der Waals surface area contributed by atoms with Crippen molar-refractivity contribution in [3.63, 3.8) is 0 Å². The number of benzene rings is 1. The summed E-state index contributed by atoms with van der Waals surface area (Å²) >= 11 is 0. The molecule has 4 nitrogen and oxygen atoms in total. The molecule has 1 fully saturated rings. The van der Waals surface area contributed by atoms with Crippen LogP contribution in [-0.2, 0) is 14.3 Å². The van der Waals surface area contributed by atoms with Crippen LogP contribution in [0.1, 0.15) is 38.1 Å². The lowest BCUT2D eigenvalue weighted by atomic mass is 9.29. The van der Waals surface area contributed by atoms with Crippen LogP contribution >= 0.6 is 0 Å². The van der Waals surface area contributed by atoms with E-state index in [1.54, 1.807) is 38.1 Å². The summed E-state index contributed by atoms with van der Waals surface area (Å²) in [6.45, 7) is 6.74. The Balaban J connectivity index is 2.65. The molecule has 0 unspecified atom stereocenters.